The summed E-state index contributed by atoms with van der Waals surface area (Å²) in [6.07, 6.45) is 1.92. The quantitative estimate of drug-likeness (QED) is 0.128. The summed E-state index contributed by atoms with van der Waals surface area (Å²) in [6, 6.07) is 50.1. The van der Waals surface area contributed by atoms with Gasteiger partial charge in [-0.05, 0) is 79.8 Å². The fourth-order valence-corrected chi connectivity index (χ4v) is 9.97. The Labute approximate surface area is 416 Å². The molecule has 348 valence electrons. The third-order valence-electron chi connectivity index (χ3n) is 13.0. The molecule has 4 nitrogen and oxygen atoms in total. The van der Waals surface area contributed by atoms with Crippen molar-refractivity contribution in [1.82, 2.24) is 14.5 Å². The van der Waals surface area contributed by atoms with Gasteiger partial charge in [0, 0.05) is 44.1 Å². The van der Waals surface area contributed by atoms with Gasteiger partial charge in [0.25, 0.3) is 0 Å². The van der Waals surface area contributed by atoms with Gasteiger partial charge in [-0.1, -0.05) is 204 Å². The molecule has 67 heavy (non-hydrogen) atoms. The second-order valence-corrected chi connectivity index (χ2v) is 28.5. The Balaban J connectivity index is 0.00000666. The van der Waals surface area contributed by atoms with E-state index in [0.29, 0.717) is 11.4 Å². The molecule has 0 amide bonds. The predicted octanol–water partition coefficient (Wildman–Crippen LogP) is 16.0. The maximum atomic E-state index is 12.6. The Morgan fingerprint density at radius 3 is 1.75 bits per heavy atom. The van der Waals surface area contributed by atoms with Crippen molar-refractivity contribution < 1.29 is 26.2 Å². The average molecular weight is 1080 g/mol. The largest absolute Gasteiger partial charge is 0.507 e. The van der Waals surface area contributed by atoms with Gasteiger partial charge in [-0.25, -0.2) is 4.98 Å². The van der Waals surface area contributed by atoms with Gasteiger partial charge in [-0.15, -0.1) is 29.3 Å². The molecule has 0 fully saturated rings. The van der Waals surface area contributed by atoms with Crippen LogP contribution >= 0.6 is 0 Å². The van der Waals surface area contributed by atoms with Gasteiger partial charge < -0.3 is 5.11 Å². The minimum atomic E-state index is -1.43. The van der Waals surface area contributed by atoms with E-state index in [0.717, 1.165) is 66.9 Å². The molecule has 0 atom stereocenters. The number of pyridine rings is 1. The Hall–Kier alpha value is -5.35. The number of aromatic hydroxyl groups is 1. The zero-order chi connectivity index (χ0) is 47.7. The Bertz CT molecular complexity index is 3090. The second-order valence-electron chi connectivity index (χ2n) is 23.4. The van der Waals surface area contributed by atoms with E-state index in [1.54, 1.807) is 0 Å². The summed E-state index contributed by atoms with van der Waals surface area (Å²) in [4.78, 5) is 10.7. The van der Waals surface area contributed by atoms with Gasteiger partial charge in [0.15, 0.2) is 0 Å². The van der Waals surface area contributed by atoms with Crippen molar-refractivity contribution in [2.24, 2.45) is 0 Å². The standard InChI is InChI=1S/C61H68N3OSi.Pt/c1-58(2,3)44-26-29-53(49(36-44)40-20-17-16-18-21-40)64-54-23-19-22-48(55(54)63-57(64)50-37-46(60(7,8)9)38-51(56(50)65)61(10,11)12)42-32-43(34-45(33-42)59(4,5)6)52-35-41(30-31-62-52)39-24-27-47(28-25-39)66(13,14)15;/h16-31,33-38,65H,1-15H3;/q-1;. The molecule has 0 aliphatic heterocycles. The summed E-state index contributed by atoms with van der Waals surface area (Å²) in [5, 5.41) is 14.0. The minimum absolute atomic E-state index is 0. The number of para-hydroxylation sites is 1. The number of hydrogen-bond donors (Lipinski definition) is 1. The molecule has 6 aromatic carbocycles. The summed E-state index contributed by atoms with van der Waals surface area (Å²) < 4.78 is 2.29. The SMILES string of the molecule is CC(C)(C)c1cc(-c2cc(-c3ccc([Si](C)(C)C)cc3)ccn2)[c-]c(-c2cccc3c2nc(-c2cc(C(C)(C)C)cc(C(C)(C)C)c2O)n3-c2ccc(C(C)(C)C)cc2-c2ccccc2)c1.[Pt]. The van der Waals surface area contributed by atoms with E-state index >= 15 is 0 Å². The van der Waals surface area contributed by atoms with Crippen LogP contribution in [0.3, 0.4) is 0 Å². The summed E-state index contributed by atoms with van der Waals surface area (Å²) in [5.74, 6) is 0.944. The Morgan fingerprint density at radius 2 is 1.13 bits per heavy atom. The third-order valence-corrected chi connectivity index (χ3v) is 15.1. The van der Waals surface area contributed by atoms with Crippen LogP contribution in [0.4, 0.5) is 0 Å². The van der Waals surface area contributed by atoms with Crippen LogP contribution in [0.25, 0.3) is 72.7 Å². The predicted molar refractivity (Wildman–Crippen MR) is 284 cm³/mol. The van der Waals surface area contributed by atoms with Gasteiger partial charge in [0.05, 0.1) is 30.4 Å². The number of rotatable bonds is 7. The third kappa shape index (κ3) is 10.1. The molecule has 0 spiro atoms. The van der Waals surface area contributed by atoms with Crippen molar-refractivity contribution in [3.63, 3.8) is 0 Å². The molecule has 0 aliphatic carbocycles. The normalized spacial score (nSPS) is 12.6. The van der Waals surface area contributed by atoms with E-state index in [2.05, 4.69) is 241 Å². The number of nitrogens with zero attached hydrogens (tertiary/aromatic N) is 3. The molecular formula is C61H68N3OPtSi-. The number of imidazole rings is 1. The maximum Gasteiger partial charge on any atom is 0.148 e. The second kappa shape index (κ2) is 17.9. The molecule has 0 aliphatic rings. The van der Waals surface area contributed by atoms with Gasteiger partial charge in [0.1, 0.15) is 11.6 Å². The zero-order valence-corrected chi connectivity index (χ0v) is 45.6. The molecule has 0 bridgehead atoms. The Morgan fingerprint density at radius 1 is 0.522 bits per heavy atom. The van der Waals surface area contributed by atoms with Gasteiger partial charge in [-0.2, -0.15) is 0 Å². The zero-order valence-electron chi connectivity index (χ0n) is 42.3. The maximum absolute atomic E-state index is 12.6. The smallest absolute Gasteiger partial charge is 0.148 e. The van der Waals surface area contributed by atoms with Crippen LogP contribution in [0, 0.1) is 6.07 Å². The van der Waals surface area contributed by atoms with Crippen molar-refractivity contribution in [1.29, 1.82) is 0 Å². The topological polar surface area (TPSA) is 50.9 Å². The van der Waals surface area contributed by atoms with E-state index in [9.17, 15) is 5.11 Å². The molecule has 0 radical (unpaired) electrons. The van der Waals surface area contributed by atoms with Crippen molar-refractivity contribution in [2.45, 2.75) is 124 Å². The summed E-state index contributed by atoms with van der Waals surface area (Å²) in [7, 11) is -1.43. The number of phenols is 1. The molecular weight excluding hydrogens is 1010 g/mol. The van der Waals surface area contributed by atoms with E-state index < -0.39 is 8.07 Å². The number of phenolic OH excluding ortho intramolecular Hbond substituents is 1. The first-order chi connectivity index (χ1) is 30.8. The van der Waals surface area contributed by atoms with Crippen LogP contribution in [0.1, 0.15) is 105 Å². The molecule has 8 aromatic rings. The van der Waals surface area contributed by atoms with Gasteiger partial charge in [0.2, 0.25) is 0 Å². The first-order valence-electron chi connectivity index (χ1n) is 23.5. The molecule has 0 unspecified atom stereocenters. The fourth-order valence-electron chi connectivity index (χ4n) is 8.80. The summed E-state index contributed by atoms with van der Waals surface area (Å²) >= 11 is 0. The van der Waals surface area contributed by atoms with Crippen LogP contribution in [0.5, 0.6) is 5.75 Å². The molecule has 1 N–H and O–H groups in total. The minimum Gasteiger partial charge on any atom is -0.507 e. The van der Waals surface area contributed by atoms with E-state index in [1.165, 1.54) is 21.9 Å². The fraction of sp³-hybridized carbons (Fsp3) is 0.311. The first-order valence-corrected chi connectivity index (χ1v) is 27.0. The van der Waals surface area contributed by atoms with Crippen LogP contribution in [0.2, 0.25) is 19.6 Å². The van der Waals surface area contributed by atoms with Crippen LogP contribution in [-0.2, 0) is 42.7 Å². The van der Waals surface area contributed by atoms with Gasteiger partial charge >= 0.3 is 0 Å². The average Bonchev–Trinajstić information content (AvgIpc) is 3.64. The molecule has 2 heterocycles. The molecule has 0 saturated heterocycles. The molecule has 8 rings (SSSR count). The Kier molecular flexibility index (Phi) is 13.3. The number of fused-ring (bicyclic) bond motifs is 1. The first kappa shape index (κ1) is 49.5. The van der Waals surface area contributed by atoms with Gasteiger partial charge in [-0.3, -0.25) is 9.55 Å². The monoisotopic (exact) mass is 1080 g/mol. The number of aromatic nitrogens is 3. The van der Waals surface area contributed by atoms with Crippen LogP contribution in [-0.4, -0.2) is 27.7 Å². The molecule has 0 saturated carbocycles. The van der Waals surface area contributed by atoms with Crippen LogP contribution in [0.15, 0.2) is 134 Å². The number of benzene rings is 6. The molecule has 6 heteroatoms. The summed E-state index contributed by atoms with van der Waals surface area (Å²) in [5.41, 5.74) is 15.4. The van der Waals surface area contributed by atoms with E-state index in [1.807, 2.05) is 6.20 Å². The molecule has 2 aromatic heterocycles. The van der Waals surface area contributed by atoms with Crippen molar-refractivity contribution in [2.75, 3.05) is 0 Å². The van der Waals surface area contributed by atoms with Crippen molar-refractivity contribution in [3.8, 4) is 67.5 Å². The summed E-state index contributed by atoms with van der Waals surface area (Å²) in [6.45, 7) is 33.9. The van der Waals surface area contributed by atoms with Crippen LogP contribution < -0.4 is 5.19 Å². The van der Waals surface area contributed by atoms with Crippen molar-refractivity contribution in [3.05, 3.63) is 162 Å². The van der Waals surface area contributed by atoms with Crippen molar-refractivity contribution >= 4 is 24.3 Å². The van der Waals surface area contributed by atoms with E-state index in [-0.39, 0.29) is 48.5 Å². The number of hydrogen-bond acceptors (Lipinski definition) is 3. The van der Waals surface area contributed by atoms with E-state index in [4.69, 9.17) is 9.97 Å².